The van der Waals surface area contributed by atoms with E-state index in [1.807, 2.05) is 85.7 Å². The van der Waals surface area contributed by atoms with Crippen LogP contribution >= 0.6 is 0 Å². The van der Waals surface area contributed by atoms with Gasteiger partial charge in [0.25, 0.3) is 5.91 Å². The Kier molecular flexibility index (Phi) is 7.69. The summed E-state index contributed by atoms with van der Waals surface area (Å²) in [6.07, 6.45) is 0.302. The monoisotopic (exact) mass is 525 g/mol. The van der Waals surface area contributed by atoms with Gasteiger partial charge in [-0.1, -0.05) is 42.5 Å². The molecule has 9 heteroatoms. The lowest BCUT2D eigenvalue weighted by molar-refractivity contribution is -0.136. The topological polar surface area (TPSA) is 108 Å². The molecule has 0 spiro atoms. The van der Waals surface area contributed by atoms with E-state index in [1.54, 1.807) is 0 Å². The van der Waals surface area contributed by atoms with Crippen molar-refractivity contribution in [1.29, 1.82) is 0 Å². The zero-order valence-corrected chi connectivity index (χ0v) is 22.1. The van der Waals surface area contributed by atoms with Crippen LogP contribution in [0, 0.1) is 0 Å². The first kappa shape index (κ1) is 26.1. The standard InChI is InChI=1S/C30H31N5O4/c1-34(2)28-25(19-27(36)37)29(35-13-15-39-16-14-35)33-26(32-28)17-20-7-11-24(12-8-20)31-30(38)23-10-9-21-5-3-4-6-22(21)18-23/h3-12,18H,13-17,19H2,1-2H3,(H,31,38)(H,36,37). The second kappa shape index (κ2) is 11.5. The summed E-state index contributed by atoms with van der Waals surface area (Å²) in [5.41, 5.74) is 2.87. The van der Waals surface area contributed by atoms with Crippen LogP contribution in [0.1, 0.15) is 27.3 Å². The van der Waals surface area contributed by atoms with Gasteiger partial charge in [0.2, 0.25) is 0 Å². The summed E-state index contributed by atoms with van der Waals surface area (Å²) >= 11 is 0. The molecule has 4 aromatic rings. The maximum absolute atomic E-state index is 12.8. The van der Waals surface area contributed by atoms with Gasteiger partial charge in [-0.25, -0.2) is 9.97 Å². The fourth-order valence-corrected chi connectivity index (χ4v) is 4.72. The number of carboxylic acid groups (broad SMARTS) is 1. The van der Waals surface area contributed by atoms with Gasteiger partial charge in [-0.2, -0.15) is 0 Å². The molecule has 9 nitrogen and oxygen atoms in total. The maximum Gasteiger partial charge on any atom is 0.308 e. The number of anilines is 3. The van der Waals surface area contributed by atoms with E-state index >= 15 is 0 Å². The van der Waals surface area contributed by atoms with E-state index in [0.717, 1.165) is 16.3 Å². The summed E-state index contributed by atoms with van der Waals surface area (Å²) in [5, 5.41) is 14.6. The summed E-state index contributed by atoms with van der Waals surface area (Å²) in [7, 11) is 3.71. The molecule has 1 fully saturated rings. The smallest absolute Gasteiger partial charge is 0.308 e. The van der Waals surface area contributed by atoms with Crippen LogP contribution in [0.25, 0.3) is 10.8 Å². The molecule has 2 heterocycles. The number of benzene rings is 3. The Morgan fingerprint density at radius 1 is 0.974 bits per heavy atom. The quantitative estimate of drug-likeness (QED) is 0.355. The molecule has 1 saturated heterocycles. The lowest BCUT2D eigenvalue weighted by Gasteiger charge is -2.31. The third-order valence-corrected chi connectivity index (χ3v) is 6.66. The van der Waals surface area contributed by atoms with Crippen LogP contribution in [0.5, 0.6) is 0 Å². The van der Waals surface area contributed by atoms with Gasteiger partial charge in [-0.05, 0) is 40.6 Å². The van der Waals surface area contributed by atoms with E-state index in [9.17, 15) is 14.7 Å². The molecular formula is C30H31N5O4. The predicted molar refractivity (Wildman–Crippen MR) is 152 cm³/mol. The molecule has 3 aromatic carbocycles. The van der Waals surface area contributed by atoms with Crippen LogP contribution in [0.4, 0.5) is 17.3 Å². The fraction of sp³-hybridized carbons (Fsp3) is 0.267. The van der Waals surface area contributed by atoms with Gasteiger partial charge in [-0.15, -0.1) is 0 Å². The number of aliphatic carboxylic acids is 1. The van der Waals surface area contributed by atoms with E-state index < -0.39 is 5.97 Å². The second-order valence-corrected chi connectivity index (χ2v) is 9.72. The zero-order chi connectivity index (χ0) is 27.4. The number of hydrogen-bond donors (Lipinski definition) is 2. The first-order valence-electron chi connectivity index (χ1n) is 12.9. The molecular weight excluding hydrogens is 494 g/mol. The SMILES string of the molecule is CN(C)c1nc(Cc2ccc(NC(=O)c3ccc4ccccc4c3)cc2)nc(N2CCOCC2)c1CC(=O)O. The van der Waals surface area contributed by atoms with Crippen molar-refractivity contribution in [3.8, 4) is 0 Å². The Hall–Kier alpha value is -4.50. The molecule has 0 bridgehead atoms. The number of carbonyl (C=O) groups excluding carboxylic acids is 1. The Labute approximate surface area is 227 Å². The minimum absolute atomic E-state index is 0.161. The Balaban J connectivity index is 1.35. The molecule has 0 aliphatic carbocycles. The highest BCUT2D eigenvalue weighted by Gasteiger charge is 2.24. The molecule has 2 N–H and O–H groups in total. The summed E-state index contributed by atoms with van der Waals surface area (Å²) in [6, 6.07) is 21.2. The zero-order valence-electron chi connectivity index (χ0n) is 22.1. The van der Waals surface area contributed by atoms with Crippen molar-refractivity contribution in [2.45, 2.75) is 12.8 Å². The third kappa shape index (κ3) is 6.15. The number of ether oxygens (including phenoxy) is 1. The van der Waals surface area contributed by atoms with Crippen LogP contribution in [0.15, 0.2) is 66.7 Å². The molecule has 39 heavy (non-hydrogen) atoms. The maximum atomic E-state index is 12.8. The van der Waals surface area contributed by atoms with Crippen molar-refractivity contribution in [3.63, 3.8) is 0 Å². The van der Waals surface area contributed by atoms with E-state index in [-0.39, 0.29) is 12.3 Å². The van der Waals surface area contributed by atoms with Crippen molar-refractivity contribution >= 4 is 40.0 Å². The average molecular weight is 526 g/mol. The Morgan fingerprint density at radius 3 is 2.38 bits per heavy atom. The van der Waals surface area contributed by atoms with E-state index in [4.69, 9.17) is 14.7 Å². The van der Waals surface area contributed by atoms with Crippen molar-refractivity contribution in [3.05, 3.63) is 89.2 Å². The molecule has 0 saturated carbocycles. The van der Waals surface area contributed by atoms with Gasteiger partial charge in [-0.3, -0.25) is 9.59 Å². The second-order valence-electron chi connectivity index (χ2n) is 9.72. The summed E-state index contributed by atoms with van der Waals surface area (Å²) < 4.78 is 5.49. The first-order chi connectivity index (χ1) is 18.9. The number of amides is 1. The Morgan fingerprint density at radius 2 is 1.69 bits per heavy atom. The van der Waals surface area contributed by atoms with Crippen LogP contribution < -0.4 is 15.1 Å². The molecule has 0 unspecified atom stereocenters. The lowest BCUT2D eigenvalue weighted by atomic mass is 10.1. The van der Waals surface area contributed by atoms with Crippen molar-refractivity contribution in [2.24, 2.45) is 0 Å². The van der Waals surface area contributed by atoms with Crippen LogP contribution in [0.3, 0.4) is 0 Å². The largest absolute Gasteiger partial charge is 0.481 e. The summed E-state index contributed by atoms with van der Waals surface area (Å²) in [5.74, 6) is 0.751. The van der Waals surface area contributed by atoms with Crippen LogP contribution in [-0.2, 0) is 22.4 Å². The van der Waals surface area contributed by atoms with E-state index in [0.29, 0.717) is 67.0 Å². The molecule has 1 aliphatic heterocycles. The number of nitrogens with zero attached hydrogens (tertiary/aromatic N) is 4. The van der Waals surface area contributed by atoms with Gasteiger partial charge in [0.15, 0.2) is 0 Å². The third-order valence-electron chi connectivity index (χ3n) is 6.66. The number of fused-ring (bicyclic) bond motifs is 1. The molecule has 200 valence electrons. The van der Waals surface area contributed by atoms with Gasteiger partial charge in [0.1, 0.15) is 17.5 Å². The van der Waals surface area contributed by atoms with Gasteiger partial charge in [0.05, 0.1) is 19.6 Å². The normalized spacial score (nSPS) is 13.3. The highest BCUT2D eigenvalue weighted by Crippen LogP contribution is 2.29. The van der Waals surface area contributed by atoms with Crippen molar-refractivity contribution in [1.82, 2.24) is 9.97 Å². The molecule has 0 atom stereocenters. The number of hydrogen-bond acceptors (Lipinski definition) is 7. The molecule has 0 radical (unpaired) electrons. The number of rotatable bonds is 8. The van der Waals surface area contributed by atoms with Gasteiger partial charge >= 0.3 is 5.97 Å². The summed E-state index contributed by atoms with van der Waals surface area (Å²) in [4.78, 5) is 38.0. The fourth-order valence-electron chi connectivity index (χ4n) is 4.72. The number of aromatic nitrogens is 2. The predicted octanol–water partition coefficient (Wildman–Crippen LogP) is 4.00. The Bertz CT molecular complexity index is 1500. The summed E-state index contributed by atoms with van der Waals surface area (Å²) in [6.45, 7) is 2.41. The minimum atomic E-state index is -0.926. The van der Waals surface area contributed by atoms with E-state index in [2.05, 4.69) is 10.2 Å². The number of carboxylic acids is 1. The number of morpholine rings is 1. The lowest BCUT2D eigenvalue weighted by Crippen LogP contribution is -2.38. The minimum Gasteiger partial charge on any atom is -0.481 e. The molecule has 1 aliphatic rings. The number of nitrogens with one attached hydrogen (secondary N) is 1. The van der Waals surface area contributed by atoms with Crippen LogP contribution in [-0.4, -0.2) is 67.3 Å². The van der Waals surface area contributed by atoms with Gasteiger partial charge < -0.3 is 25.0 Å². The van der Waals surface area contributed by atoms with Gasteiger partial charge in [0, 0.05) is 50.4 Å². The van der Waals surface area contributed by atoms with Crippen molar-refractivity contribution < 1.29 is 19.4 Å². The average Bonchev–Trinajstić information content (AvgIpc) is 2.94. The highest BCUT2D eigenvalue weighted by atomic mass is 16.5. The van der Waals surface area contributed by atoms with Crippen molar-refractivity contribution in [2.75, 3.05) is 55.5 Å². The molecule has 1 aromatic heterocycles. The first-order valence-corrected chi connectivity index (χ1v) is 12.9. The highest BCUT2D eigenvalue weighted by molar-refractivity contribution is 6.06. The van der Waals surface area contributed by atoms with E-state index in [1.165, 1.54) is 0 Å². The molecule has 5 rings (SSSR count). The van der Waals surface area contributed by atoms with Crippen LogP contribution in [0.2, 0.25) is 0 Å². The number of carbonyl (C=O) groups is 2. The molecule has 1 amide bonds.